The van der Waals surface area contributed by atoms with Crippen molar-refractivity contribution in [3.05, 3.63) is 59.5 Å². The van der Waals surface area contributed by atoms with Gasteiger partial charge in [0.2, 0.25) is 0 Å². The van der Waals surface area contributed by atoms with Gasteiger partial charge < -0.3 is 14.8 Å². The van der Waals surface area contributed by atoms with Gasteiger partial charge in [0, 0.05) is 0 Å². The van der Waals surface area contributed by atoms with E-state index >= 15 is 0 Å². The van der Waals surface area contributed by atoms with Gasteiger partial charge in [-0.2, -0.15) is 0 Å². The lowest BCUT2D eigenvalue weighted by atomic mass is 9.90. The number of carboxylic acids is 1. The van der Waals surface area contributed by atoms with Crippen LogP contribution in [0.2, 0.25) is 0 Å². The molecule has 1 aromatic heterocycles. The van der Waals surface area contributed by atoms with Crippen LogP contribution in [0.1, 0.15) is 41.1 Å². The summed E-state index contributed by atoms with van der Waals surface area (Å²) in [6.45, 7) is 3.74. The first-order valence-electron chi connectivity index (χ1n) is 7.16. The Bertz CT molecular complexity index is 631. The van der Waals surface area contributed by atoms with Crippen molar-refractivity contribution >= 4 is 11.9 Å². The van der Waals surface area contributed by atoms with Crippen LogP contribution in [0.3, 0.4) is 0 Å². The van der Waals surface area contributed by atoms with Crippen molar-refractivity contribution in [2.75, 3.05) is 0 Å². The monoisotopic (exact) mass is 301 g/mol. The third kappa shape index (κ3) is 3.55. The van der Waals surface area contributed by atoms with Crippen LogP contribution >= 0.6 is 0 Å². The first-order chi connectivity index (χ1) is 10.5. The van der Waals surface area contributed by atoms with Crippen LogP contribution in [-0.4, -0.2) is 17.0 Å². The van der Waals surface area contributed by atoms with Gasteiger partial charge in [0.15, 0.2) is 5.76 Å². The maximum atomic E-state index is 12.2. The number of nitrogens with one attached hydrogen (secondary N) is 1. The molecule has 0 saturated heterocycles. The number of carboxylic acid groups (broad SMARTS) is 1. The Morgan fingerprint density at radius 1 is 1.23 bits per heavy atom. The molecule has 0 radical (unpaired) electrons. The minimum atomic E-state index is -0.937. The molecular weight excluding hydrogens is 282 g/mol. The summed E-state index contributed by atoms with van der Waals surface area (Å²) in [5.74, 6) is -1.90. The summed E-state index contributed by atoms with van der Waals surface area (Å²) in [7, 11) is 0. The third-order valence-electron chi connectivity index (χ3n) is 3.63. The number of rotatable bonds is 6. The second kappa shape index (κ2) is 6.93. The van der Waals surface area contributed by atoms with Gasteiger partial charge in [-0.05, 0) is 31.0 Å². The lowest BCUT2D eigenvalue weighted by molar-refractivity contribution is -0.142. The van der Waals surface area contributed by atoms with E-state index in [1.165, 1.54) is 6.26 Å². The summed E-state index contributed by atoms with van der Waals surface area (Å²) in [4.78, 5) is 23.7. The van der Waals surface area contributed by atoms with E-state index in [0.29, 0.717) is 6.42 Å². The molecular formula is C17H19NO4. The molecule has 2 atom stereocenters. The molecule has 0 aliphatic carbocycles. The zero-order valence-electron chi connectivity index (χ0n) is 12.6. The average Bonchev–Trinajstić information content (AvgIpc) is 3.01. The zero-order chi connectivity index (χ0) is 16.1. The van der Waals surface area contributed by atoms with E-state index in [4.69, 9.17) is 4.42 Å². The number of carbonyl (C=O) groups excluding carboxylic acids is 1. The largest absolute Gasteiger partial charge is 0.481 e. The first kappa shape index (κ1) is 15.8. The Labute approximate surface area is 129 Å². The number of aryl methyl sites for hydroxylation is 1. The molecule has 0 aliphatic rings. The van der Waals surface area contributed by atoms with Crippen LogP contribution in [0.15, 0.2) is 47.1 Å². The standard InChI is InChI=1S/C17H19NO4/c1-3-13(17(20)21)15(12-8-6-11(2)7-9-12)18-16(19)14-5-4-10-22-14/h4-10,13,15H,3H2,1-2H3,(H,18,19)(H,20,21). The molecule has 1 aromatic carbocycles. The molecule has 22 heavy (non-hydrogen) atoms. The number of benzene rings is 1. The Morgan fingerprint density at radius 3 is 2.41 bits per heavy atom. The molecule has 0 spiro atoms. The van der Waals surface area contributed by atoms with E-state index in [2.05, 4.69) is 5.32 Å². The molecule has 0 bridgehead atoms. The minimum Gasteiger partial charge on any atom is -0.481 e. The summed E-state index contributed by atoms with van der Waals surface area (Å²) < 4.78 is 5.07. The number of furan rings is 1. The lowest BCUT2D eigenvalue weighted by Gasteiger charge is -2.24. The molecule has 0 aliphatic heterocycles. The molecule has 2 rings (SSSR count). The molecule has 116 valence electrons. The Morgan fingerprint density at radius 2 is 1.91 bits per heavy atom. The van der Waals surface area contributed by atoms with E-state index in [-0.39, 0.29) is 5.76 Å². The summed E-state index contributed by atoms with van der Waals surface area (Å²) in [5.41, 5.74) is 1.84. The molecule has 0 fully saturated rings. The molecule has 5 heteroatoms. The minimum absolute atomic E-state index is 0.164. The van der Waals surface area contributed by atoms with Crippen LogP contribution in [0.4, 0.5) is 0 Å². The van der Waals surface area contributed by atoms with E-state index in [1.54, 1.807) is 19.1 Å². The number of carbonyl (C=O) groups is 2. The van der Waals surface area contributed by atoms with Gasteiger partial charge in [-0.1, -0.05) is 36.8 Å². The summed E-state index contributed by atoms with van der Waals surface area (Å²) in [5, 5.41) is 12.2. The van der Waals surface area contributed by atoms with Crippen molar-refractivity contribution in [3.63, 3.8) is 0 Å². The number of hydrogen-bond donors (Lipinski definition) is 2. The molecule has 2 N–H and O–H groups in total. The topological polar surface area (TPSA) is 79.5 Å². The highest BCUT2D eigenvalue weighted by molar-refractivity contribution is 5.92. The fraction of sp³-hybridized carbons (Fsp3) is 0.294. The second-order valence-electron chi connectivity index (χ2n) is 5.19. The molecule has 2 unspecified atom stereocenters. The highest BCUT2D eigenvalue weighted by atomic mass is 16.4. The van der Waals surface area contributed by atoms with Crippen LogP contribution in [-0.2, 0) is 4.79 Å². The van der Waals surface area contributed by atoms with Crippen LogP contribution in [0.5, 0.6) is 0 Å². The SMILES string of the molecule is CCC(C(=O)O)C(NC(=O)c1ccco1)c1ccc(C)cc1. The molecule has 1 heterocycles. The predicted octanol–water partition coefficient (Wildman–Crippen LogP) is 3.17. The van der Waals surface area contributed by atoms with Gasteiger partial charge in [-0.3, -0.25) is 9.59 Å². The predicted molar refractivity (Wildman–Crippen MR) is 81.5 cm³/mol. The van der Waals surface area contributed by atoms with Gasteiger partial charge in [0.1, 0.15) is 0 Å². The molecule has 1 amide bonds. The van der Waals surface area contributed by atoms with Crippen molar-refractivity contribution in [3.8, 4) is 0 Å². The van der Waals surface area contributed by atoms with Crippen molar-refractivity contribution in [2.45, 2.75) is 26.3 Å². The van der Waals surface area contributed by atoms with E-state index in [0.717, 1.165) is 11.1 Å². The summed E-state index contributed by atoms with van der Waals surface area (Å²) in [6.07, 6.45) is 1.82. The Balaban J connectivity index is 2.30. The Hall–Kier alpha value is -2.56. The van der Waals surface area contributed by atoms with E-state index in [9.17, 15) is 14.7 Å². The number of hydrogen-bond acceptors (Lipinski definition) is 3. The average molecular weight is 301 g/mol. The normalized spacial score (nSPS) is 13.4. The van der Waals surface area contributed by atoms with Crippen LogP contribution in [0.25, 0.3) is 0 Å². The van der Waals surface area contributed by atoms with Crippen molar-refractivity contribution in [1.82, 2.24) is 5.32 Å². The van der Waals surface area contributed by atoms with Gasteiger partial charge in [-0.15, -0.1) is 0 Å². The van der Waals surface area contributed by atoms with E-state index < -0.39 is 23.8 Å². The van der Waals surface area contributed by atoms with Gasteiger partial charge in [-0.25, -0.2) is 0 Å². The molecule has 2 aromatic rings. The van der Waals surface area contributed by atoms with Crippen LogP contribution < -0.4 is 5.32 Å². The summed E-state index contributed by atoms with van der Waals surface area (Å²) >= 11 is 0. The smallest absolute Gasteiger partial charge is 0.308 e. The fourth-order valence-corrected chi connectivity index (χ4v) is 2.36. The lowest BCUT2D eigenvalue weighted by Crippen LogP contribution is -2.36. The number of amides is 1. The molecule has 0 saturated carbocycles. The van der Waals surface area contributed by atoms with Gasteiger partial charge in [0.05, 0.1) is 18.2 Å². The first-order valence-corrected chi connectivity index (χ1v) is 7.16. The summed E-state index contributed by atoms with van der Waals surface area (Å²) in [6, 6.07) is 10.0. The van der Waals surface area contributed by atoms with Gasteiger partial charge >= 0.3 is 5.97 Å². The second-order valence-corrected chi connectivity index (χ2v) is 5.19. The van der Waals surface area contributed by atoms with Crippen molar-refractivity contribution in [2.24, 2.45) is 5.92 Å². The highest BCUT2D eigenvalue weighted by Crippen LogP contribution is 2.26. The van der Waals surface area contributed by atoms with Gasteiger partial charge in [0.25, 0.3) is 5.91 Å². The van der Waals surface area contributed by atoms with Crippen molar-refractivity contribution < 1.29 is 19.1 Å². The maximum absolute atomic E-state index is 12.2. The van der Waals surface area contributed by atoms with Crippen LogP contribution in [0, 0.1) is 12.8 Å². The Kier molecular flexibility index (Phi) is 4.99. The number of aliphatic carboxylic acids is 1. The fourth-order valence-electron chi connectivity index (χ4n) is 2.36. The highest BCUT2D eigenvalue weighted by Gasteiger charge is 2.30. The van der Waals surface area contributed by atoms with E-state index in [1.807, 2.05) is 31.2 Å². The molecule has 5 nitrogen and oxygen atoms in total. The van der Waals surface area contributed by atoms with Crippen molar-refractivity contribution in [1.29, 1.82) is 0 Å². The zero-order valence-corrected chi connectivity index (χ0v) is 12.6. The quantitative estimate of drug-likeness (QED) is 0.859. The third-order valence-corrected chi connectivity index (χ3v) is 3.63. The maximum Gasteiger partial charge on any atom is 0.308 e.